The summed E-state index contributed by atoms with van der Waals surface area (Å²) in [6.45, 7) is 1.54. The first-order valence-electron chi connectivity index (χ1n) is 9.47. The SMILES string of the molecule is COc1ccc(CNc2cc(NCCC3=CCCCC3)ncn2)cc1OC. The monoisotopic (exact) mass is 368 g/mol. The van der Waals surface area contributed by atoms with E-state index in [1.54, 1.807) is 26.1 Å². The van der Waals surface area contributed by atoms with Crippen molar-refractivity contribution in [2.24, 2.45) is 0 Å². The zero-order valence-corrected chi connectivity index (χ0v) is 16.1. The van der Waals surface area contributed by atoms with Crippen LogP contribution in [-0.4, -0.2) is 30.7 Å². The van der Waals surface area contributed by atoms with E-state index in [1.165, 1.54) is 25.7 Å². The van der Waals surface area contributed by atoms with Crippen molar-refractivity contribution in [1.29, 1.82) is 0 Å². The van der Waals surface area contributed by atoms with E-state index >= 15 is 0 Å². The number of benzene rings is 1. The topological polar surface area (TPSA) is 68.3 Å². The van der Waals surface area contributed by atoms with Gasteiger partial charge in [0, 0.05) is 19.2 Å². The molecule has 2 aromatic rings. The van der Waals surface area contributed by atoms with Crippen LogP contribution in [0.4, 0.5) is 11.6 Å². The number of aromatic nitrogens is 2. The first kappa shape index (κ1) is 19.0. The maximum atomic E-state index is 5.35. The zero-order valence-electron chi connectivity index (χ0n) is 16.1. The molecule has 6 nitrogen and oxygen atoms in total. The molecule has 27 heavy (non-hydrogen) atoms. The molecule has 0 radical (unpaired) electrons. The Bertz CT molecular complexity index is 777. The van der Waals surface area contributed by atoms with Gasteiger partial charge in [0.1, 0.15) is 18.0 Å². The Morgan fingerprint density at radius 3 is 2.52 bits per heavy atom. The summed E-state index contributed by atoms with van der Waals surface area (Å²) in [7, 11) is 3.27. The van der Waals surface area contributed by atoms with E-state index in [1.807, 2.05) is 24.3 Å². The predicted octanol–water partition coefficient (Wildman–Crippen LogP) is 4.41. The minimum absolute atomic E-state index is 0.643. The first-order chi connectivity index (χ1) is 13.3. The van der Waals surface area contributed by atoms with Crippen LogP contribution < -0.4 is 20.1 Å². The van der Waals surface area contributed by atoms with Crippen molar-refractivity contribution in [3.05, 3.63) is 47.8 Å². The summed E-state index contributed by atoms with van der Waals surface area (Å²) in [5.41, 5.74) is 2.65. The number of allylic oxidation sites excluding steroid dienone is 1. The molecular weight excluding hydrogens is 340 g/mol. The van der Waals surface area contributed by atoms with E-state index in [-0.39, 0.29) is 0 Å². The average Bonchev–Trinajstić information content (AvgIpc) is 2.73. The van der Waals surface area contributed by atoms with Gasteiger partial charge in [-0.05, 0) is 49.8 Å². The summed E-state index contributed by atoms with van der Waals surface area (Å²) in [5, 5.41) is 6.73. The lowest BCUT2D eigenvalue weighted by atomic mass is 9.97. The van der Waals surface area contributed by atoms with Crippen LogP contribution in [-0.2, 0) is 6.54 Å². The van der Waals surface area contributed by atoms with Crippen molar-refractivity contribution in [2.75, 3.05) is 31.4 Å². The van der Waals surface area contributed by atoms with E-state index < -0.39 is 0 Å². The molecule has 0 fully saturated rings. The van der Waals surface area contributed by atoms with Crippen LogP contribution >= 0.6 is 0 Å². The second-order valence-corrected chi connectivity index (χ2v) is 6.62. The highest BCUT2D eigenvalue weighted by Gasteiger charge is 2.06. The summed E-state index contributed by atoms with van der Waals surface area (Å²) < 4.78 is 10.6. The number of nitrogens with one attached hydrogen (secondary N) is 2. The quantitative estimate of drug-likeness (QED) is 0.639. The molecule has 1 aliphatic rings. The van der Waals surface area contributed by atoms with Gasteiger partial charge in [0.25, 0.3) is 0 Å². The molecule has 1 aromatic heterocycles. The molecule has 0 unspecified atom stereocenters. The molecule has 3 rings (SSSR count). The molecule has 0 atom stereocenters. The largest absolute Gasteiger partial charge is 0.493 e. The molecule has 1 heterocycles. The molecule has 0 saturated carbocycles. The summed E-state index contributed by atoms with van der Waals surface area (Å²) in [5.74, 6) is 3.08. The highest BCUT2D eigenvalue weighted by Crippen LogP contribution is 2.27. The summed E-state index contributed by atoms with van der Waals surface area (Å²) in [6.07, 6.45) is 10.2. The Hall–Kier alpha value is -2.76. The summed E-state index contributed by atoms with van der Waals surface area (Å²) in [6, 6.07) is 7.81. The van der Waals surface area contributed by atoms with Gasteiger partial charge in [0.15, 0.2) is 11.5 Å². The Morgan fingerprint density at radius 2 is 1.78 bits per heavy atom. The van der Waals surface area contributed by atoms with Crippen LogP contribution in [0.1, 0.15) is 37.7 Å². The number of nitrogens with zero attached hydrogens (tertiary/aromatic N) is 2. The smallest absolute Gasteiger partial charge is 0.161 e. The van der Waals surface area contributed by atoms with Gasteiger partial charge in [-0.1, -0.05) is 17.7 Å². The van der Waals surface area contributed by atoms with Gasteiger partial charge in [-0.15, -0.1) is 0 Å². The van der Waals surface area contributed by atoms with Crippen LogP contribution in [0.5, 0.6) is 11.5 Å². The molecule has 0 saturated heterocycles. The van der Waals surface area contributed by atoms with Crippen molar-refractivity contribution in [1.82, 2.24) is 9.97 Å². The molecule has 0 amide bonds. The van der Waals surface area contributed by atoms with Crippen LogP contribution in [0.25, 0.3) is 0 Å². The standard InChI is InChI=1S/C21H28N4O2/c1-26-18-9-8-17(12-19(18)27-2)14-23-21-13-20(24-15-25-21)22-11-10-16-6-4-3-5-7-16/h6,8-9,12-13,15H,3-5,7,10-11,14H2,1-2H3,(H2,22,23,24,25). The van der Waals surface area contributed by atoms with Gasteiger partial charge < -0.3 is 20.1 Å². The van der Waals surface area contributed by atoms with E-state index in [0.717, 1.165) is 41.7 Å². The van der Waals surface area contributed by atoms with Crippen molar-refractivity contribution in [3.8, 4) is 11.5 Å². The Kier molecular flexibility index (Phi) is 6.90. The zero-order chi connectivity index (χ0) is 18.9. The number of rotatable bonds is 9. The fraction of sp³-hybridized carbons (Fsp3) is 0.429. The molecule has 6 heteroatoms. The van der Waals surface area contributed by atoms with Crippen molar-refractivity contribution in [3.63, 3.8) is 0 Å². The number of hydrogen-bond donors (Lipinski definition) is 2. The third-order valence-corrected chi connectivity index (χ3v) is 4.73. The number of methoxy groups -OCH3 is 2. The molecular formula is C21H28N4O2. The van der Waals surface area contributed by atoms with Crippen molar-refractivity contribution < 1.29 is 9.47 Å². The van der Waals surface area contributed by atoms with E-state index in [4.69, 9.17) is 9.47 Å². The molecule has 0 spiro atoms. The normalized spacial score (nSPS) is 13.6. The molecule has 1 aliphatic carbocycles. The highest BCUT2D eigenvalue weighted by atomic mass is 16.5. The third kappa shape index (κ3) is 5.61. The van der Waals surface area contributed by atoms with E-state index in [2.05, 4.69) is 26.7 Å². The van der Waals surface area contributed by atoms with Crippen LogP contribution in [0.3, 0.4) is 0 Å². The van der Waals surface area contributed by atoms with E-state index in [9.17, 15) is 0 Å². The van der Waals surface area contributed by atoms with Crippen molar-refractivity contribution in [2.45, 2.75) is 38.6 Å². The molecule has 0 bridgehead atoms. The van der Waals surface area contributed by atoms with Crippen LogP contribution in [0, 0.1) is 0 Å². The van der Waals surface area contributed by atoms with Gasteiger partial charge in [-0.3, -0.25) is 0 Å². The fourth-order valence-electron chi connectivity index (χ4n) is 3.22. The van der Waals surface area contributed by atoms with Gasteiger partial charge in [-0.25, -0.2) is 9.97 Å². The number of ether oxygens (including phenoxy) is 2. The lowest BCUT2D eigenvalue weighted by Crippen LogP contribution is -2.07. The lowest BCUT2D eigenvalue weighted by molar-refractivity contribution is 0.354. The van der Waals surface area contributed by atoms with E-state index in [0.29, 0.717) is 6.54 Å². The third-order valence-electron chi connectivity index (χ3n) is 4.73. The molecule has 1 aromatic carbocycles. The number of hydrogen-bond acceptors (Lipinski definition) is 6. The molecule has 0 aliphatic heterocycles. The summed E-state index contributed by atoms with van der Waals surface area (Å²) in [4.78, 5) is 8.61. The average molecular weight is 368 g/mol. The Labute approximate surface area is 161 Å². The second-order valence-electron chi connectivity index (χ2n) is 6.62. The van der Waals surface area contributed by atoms with Gasteiger partial charge in [0.2, 0.25) is 0 Å². The molecule has 144 valence electrons. The van der Waals surface area contributed by atoms with Gasteiger partial charge >= 0.3 is 0 Å². The maximum absolute atomic E-state index is 5.35. The highest BCUT2D eigenvalue weighted by molar-refractivity contribution is 5.48. The van der Waals surface area contributed by atoms with Crippen molar-refractivity contribution >= 4 is 11.6 Å². The minimum atomic E-state index is 0.643. The lowest BCUT2D eigenvalue weighted by Gasteiger charge is -2.13. The number of anilines is 2. The fourth-order valence-corrected chi connectivity index (χ4v) is 3.22. The van der Waals surface area contributed by atoms with Gasteiger partial charge in [-0.2, -0.15) is 0 Å². The second kappa shape index (κ2) is 9.80. The Balaban J connectivity index is 1.52. The predicted molar refractivity (Wildman–Crippen MR) is 109 cm³/mol. The molecule has 2 N–H and O–H groups in total. The maximum Gasteiger partial charge on any atom is 0.161 e. The van der Waals surface area contributed by atoms with Crippen LogP contribution in [0.2, 0.25) is 0 Å². The van der Waals surface area contributed by atoms with Gasteiger partial charge in [0.05, 0.1) is 14.2 Å². The Morgan fingerprint density at radius 1 is 0.963 bits per heavy atom. The van der Waals surface area contributed by atoms with Crippen LogP contribution in [0.15, 0.2) is 42.2 Å². The minimum Gasteiger partial charge on any atom is -0.493 e. The summed E-state index contributed by atoms with van der Waals surface area (Å²) >= 11 is 0. The first-order valence-corrected chi connectivity index (χ1v) is 9.47.